The fourth-order valence-electron chi connectivity index (χ4n) is 2.48. The van der Waals surface area contributed by atoms with Crippen LogP contribution in [-0.2, 0) is 10.0 Å². The van der Waals surface area contributed by atoms with Gasteiger partial charge >= 0.3 is 0 Å². The van der Waals surface area contributed by atoms with Crippen LogP contribution in [0.5, 0.6) is 0 Å². The SMILES string of the molecule is CNS(=O)(=O)c1cccc(NC2CCN(C(C)C)C2)c1. The standard InChI is InChI=1S/C14H23N3O2S/c1-11(2)17-8-7-13(10-17)16-12-5-4-6-14(9-12)20(18,19)15-3/h4-6,9,11,13,15-16H,7-8,10H2,1-3H3. The molecule has 112 valence electrons. The molecule has 0 spiro atoms. The van der Waals surface area contributed by atoms with Crippen LogP contribution in [0.4, 0.5) is 5.69 Å². The van der Waals surface area contributed by atoms with E-state index in [4.69, 9.17) is 0 Å². The predicted molar refractivity (Wildman–Crippen MR) is 81.4 cm³/mol. The first-order valence-corrected chi connectivity index (χ1v) is 8.45. The summed E-state index contributed by atoms with van der Waals surface area (Å²) in [7, 11) is -1.96. The Morgan fingerprint density at radius 3 is 2.70 bits per heavy atom. The van der Waals surface area contributed by atoms with Crippen molar-refractivity contribution in [1.29, 1.82) is 0 Å². The average Bonchev–Trinajstić information content (AvgIpc) is 2.88. The molecular formula is C14H23N3O2S. The second-order valence-corrected chi connectivity index (χ2v) is 7.34. The lowest BCUT2D eigenvalue weighted by Gasteiger charge is -2.21. The zero-order valence-corrected chi connectivity index (χ0v) is 13.1. The topological polar surface area (TPSA) is 61.4 Å². The van der Waals surface area contributed by atoms with E-state index in [1.807, 2.05) is 6.07 Å². The van der Waals surface area contributed by atoms with Crippen LogP contribution in [-0.4, -0.2) is 45.5 Å². The van der Waals surface area contributed by atoms with Gasteiger partial charge < -0.3 is 5.32 Å². The van der Waals surface area contributed by atoms with E-state index in [0.717, 1.165) is 25.2 Å². The molecule has 2 rings (SSSR count). The van der Waals surface area contributed by atoms with Crippen molar-refractivity contribution in [2.24, 2.45) is 0 Å². The van der Waals surface area contributed by atoms with Crippen molar-refractivity contribution in [3.63, 3.8) is 0 Å². The summed E-state index contributed by atoms with van der Waals surface area (Å²) < 4.78 is 25.9. The predicted octanol–water partition coefficient (Wildman–Crippen LogP) is 1.49. The first-order valence-electron chi connectivity index (χ1n) is 6.96. The third-order valence-electron chi connectivity index (χ3n) is 3.73. The van der Waals surface area contributed by atoms with Gasteiger partial charge in [0, 0.05) is 30.9 Å². The van der Waals surface area contributed by atoms with E-state index in [-0.39, 0.29) is 0 Å². The zero-order valence-electron chi connectivity index (χ0n) is 12.3. The molecule has 1 fully saturated rings. The number of hydrogen-bond donors (Lipinski definition) is 2. The largest absolute Gasteiger partial charge is 0.381 e. The second-order valence-electron chi connectivity index (χ2n) is 5.45. The summed E-state index contributed by atoms with van der Waals surface area (Å²) >= 11 is 0. The van der Waals surface area contributed by atoms with Gasteiger partial charge in [-0.25, -0.2) is 13.1 Å². The van der Waals surface area contributed by atoms with Crippen molar-refractivity contribution in [1.82, 2.24) is 9.62 Å². The van der Waals surface area contributed by atoms with E-state index in [0.29, 0.717) is 17.0 Å². The number of benzene rings is 1. The number of sulfonamides is 1. The van der Waals surface area contributed by atoms with E-state index in [1.54, 1.807) is 18.2 Å². The summed E-state index contributed by atoms with van der Waals surface area (Å²) in [4.78, 5) is 2.72. The molecule has 0 saturated carbocycles. The van der Waals surface area contributed by atoms with Gasteiger partial charge in [-0.05, 0) is 45.5 Å². The van der Waals surface area contributed by atoms with E-state index in [2.05, 4.69) is 28.8 Å². The van der Waals surface area contributed by atoms with Gasteiger partial charge in [0.05, 0.1) is 4.90 Å². The quantitative estimate of drug-likeness (QED) is 0.864. The third kappa shape index (κ3) is 3.50. The fraction of sp³-hybridized carbons (Fsp3) is 0.571. The van der Waals surface area contributed by atoms with Crippen LogP contribution in [0.25, 0.3) is 0 Å². The van der Waals surface area contributed by atoms with Crippen LogP contribution >= 0.6 is 0 Å². The molecule has 0 bridgehead atoms. The van der Waals surface area contributed by atoms with Crippen LogP contribution in [0.1, 0.15) is 20.3 Å². The monoisotopic (exact) mass is 297 g/mol. The van der Waals surface area contributed by atoms with Gasteiger partial charge in [0.2, 0.25) is 10.0 Å². The van der Waals surface area contributed by atoms with Gasteiger partial charge in [0.25, 0.3) is 0 Å². The Hall–Kier alpha value is -1.11. The van der Waals surface area contributed by atoms with Crippen molar-refractivity contribution in [3.8, 4) is 0 Å². The average molecular weight is 297 g/mol. The molecule has 1 aromatic carbocycles. The molecule has 1 atom stereocenters. The molecule has 0 amide bonds. The van der Waals surface area contributed by atoms with Crippen molar-refractivity contribution < 1.29 is 8.42 Å². The van der Waals surface area contributed by atoms with E-state index >= 15 is 0 Å². The lowest BCUT2D eigenvalue weighted by molar-refractivity contribution is 0.274. The van der Waals surface area contributed by atoms with E-state index < -0.39 is 10.0 Å². The summed E-state index contributed by atoms with van der Waals surface area (Å²) in [5.41, 5.74) is 0.858. The second kappa shape index (κ2) is 6.11. The summed E-state index contributed by atoms with van der Waals surface area (Å²) in [5.74, 6) is 0. The highest BCUT2D eigenvalue weighted by Gasteiger charge is 2.24. The Kier molecular flexibility index (Phi) is 4.67. The maximum Gasteiger partial charge on any atom is 0.240 e. The molecule has 2 N–H and O–H groups in total. The molecule has 1 aromatic rings. The lowest BCUT2D eigenvalue weighted by atomic mass is 10.2. The third-order valence-corrected chi connectivity index (χ3v) is 5.15. The normalized spacial score (nSPS) is 20.5. The minimum atomic E-state index is -3.38. The highest BCUT2D eigenvalue weighted by Crippen LogP contribution is 2.20. The van der Waals surface area contributed by atoms with Crippen molar-refractivity contribution >= 4 is 15.7 Å². The smallest absolute Gasteiger partial charge is 0.240 e. The molecule has 0 aliphatic carbocycles. The molecule has 0 radical (unpaired) electrons. The van der Waals surface area contributed by atoms with Crippen molar-refractivity contribution in [2.45, 2.75) is 37.2 Å². The molecule has 1 aliphatic heterocycles. The highest BCUT2D eigenvalue weighted by atomic mass is 32.2. The van der Waals surface area contributed by atoms with Crippen LogP contribution in [0.2, 0.25) is 0 Å². The fourth-order valence-corrected chi connectivity index (χ4v) is 3.26. The minimum absolute atomic E-state index is 0.295. The van der Waals surface area contributed by atoms with E-state index in [9.17, 15) is 8.42 Å². The number of likely N-dealkylation sites (tertiary alicyclic amines) is 1. The number of nitrogens with zero attached hydrogens (tertiary/aromatic N) is 1. The van der Waals surface area contributed by atoms with Crippen molar-refractivity contribution in [3.05, 3.63) is 24.3 Å². The van der Waals surface area contributed by atoms with Crippen LogP contribution in [0, 0.1) is 0 Å². The molecule has 1 heterocycles. The lowest BCUT2D eigenvalue weighted by Crippen LogP contribution is -2.31. The summed E-state index contributed by atoms with van der Waals surface area (Å²) in [5, 5.41) is 3.43. The first kappa shape index (κ1) is 15.3. The summed E-state index contributed by atoms with van der Waals surface area (Å²) in [6.07, 6.45) is 1.08. The van der Waals surface area contributed by atoms with Crippen LogP contribution in [0.3, 0.4) is 0 Å². The van der Waals surface area contributed by atoms with Crippen LogP contribution in [0.15, 0.2) is 29.2 Å². The Bertz CT molecular complexity index is 557. The molecule has 1 saturated heterocycles. The molecule has 5 nitrogen and oxygen atoms in total. The maximum absolute atomic E-state index is 11.8. The maximum atomic E-state index is 11.8. The first-order chi connectivity index (χ1) is 9.42. The molecule has 6 heteroatoms. The number of rotatable bonds is 5. The summed E-state index contributed by atoms with van der Waals surface area (Å²) in [6.45, 7) is 6.48. The molecular weight excluding hydrogens is 274 g/mol. The number of anilines is 1. The Morgan fingerprint density at radius 1 is 1.35 bits per heavy atom. The Morgan fingerprint density at radius 2 is 2.10 bits per heavy atom. The number of hydrogen-bond acceptors (Lipinski definition) is 4. The van der Waals surface area contributed by atoms with Crippen LogP contribution < -0.4 is 10.0 Å². The van der Waals surface area contributed by atoms with Gasteiger partial charge in [-0.15, -0.1) is 0 Å². The number of nitrogens with one attached hydrogen (secondary N) is 2. The molecule has 20 heavy (non-hydrogen) atoms. The van der Waals surface area contributed by atoms with Gasteiger partial charge in [-0.2, -0.15) is 0 Å². The van der Waals surface area contributed by atoms with Gasteiger partial charge in [0.1, 0.15) is 0 Å². The van der Waals surface area contributed by atoms with Crippen molar-refractivity contribution in [2.75, 3.05) is 25.5 Å². The van der Waals surface area contributed by atoms with E-state index in [1.165, 1.54) is 7.05 Å². The minimum Gasteiger partial charge on any atom is -0.381 e. The highest BCUT2D eigenvalue weighted by molar-refractivity contribution is 7.89. The zero-order chi connectivity index (χ0) is 14.8. The van der Waals surface area contributed by atoms with Gasteiger partial charge in [-0.1, -0.05) is 6.07 Å². The Labute approximate surface area is 121 Å². The van der Waals surface area contributed by atoms with Gasteiger partial charge in [-0.3, -0.25) is 4.90 Å². The Balaban J connectivity index is 2.06. The molecule has 0 aromatic heterocycles. The molecule has 1 unspecified atom stereocenters. The summed E-state index contributed by atoms with van der Waals surface area (Å²) in [6, 6.07) is 7.90. The molecule has 1 aliphatic rings. The van der Waals surface area contributed by atoms with Gasteiger partial charge in [0.15, 0.2) is 0 Å².